The summed E-state index contributed by atoms with van der Waals surface area (Å²) in [6.45, 7) is 3.29. The zero-order valence-corrected chi connectivity index (χ0v) is 11.2. The molecule has 4 nitrogen and oxygen atoms in total. The topological polar surface area (TPSA) is 52.6 Å². The number of rotatable bonds is 6. The van der Waals surface area contributed by atoms with Gasteiger partial charge >= 0.3 is 5.97 Å². The number of likely N-dealkylation sites (tertiary alicyclic amines) is 1. The molecule has 2 rings (SSSR count). The molecule has 0 saturated carbocycles. The van der Waals surface area contributed by atoms with Gasteiger partial charge in [-0.05, 0) is 37.9 Å². The lowest BCUT2D eigenvalue weighted by atomic mass is 10.0. The maximum Gasteiger partial charge on any atom is 0.317 e. The van der Waals surface area contributed by atoms with Gasteiger partial charge in [0.25, 0.3) is 0 Å². The van der Waals surface area contributed by atoms with Gasteiger partial charge in [-0.2, -0.15) is 0 Å². The van der Waals surface area contributed by atoms with Crippen molar-refractivity contribution in [2.24, 2.45) is 0 Å². The Morgan fingerprint density at radius 3 is 2.58 bits per heavy atom. The molecule has 1 aliphatic rings. The van der Waals surface area contributed by atoms with Gasteiger partial charge in [0.05, 0.1) is 6.54 Å². The zero-order valence-electron chi connectivity index (χ0n) is 11.2. The Bertz CT molecular complexity index is 386. The number of carboxylic acids is 1. The van der Waals surface area contributed by atoms with Gasteiger partial charge in [-0.1, -0.05) is 30.3 Å². The van der Waals surface area contributed by atoms with E-state index in [1.165, 1.54) is 5.56 Å². The van der Waals surface area contributed by atoms with Crippen LogP contribution >= 0.6 is 0 Å². The highest BCUT2D eigenvalue weighted by Gasteiger charge is 2.18. The first-order valence-electron chi connectivity index (χ1n) is 6.95. The molecule has 0 bridgehead atoms. The van der Waals surface area contributed by atoms with E-state index >= 15 is 0 Å². The summed E-state index contributed by atoms with van der Waals surface area (Å²) in [5, 5.41) is 11.7. The average molecular weight is 262 g/mol. The second-order valence-corrected chi connectivity index (χ2v) is 5.13. The lowest BCUT2D eigenvalue weighted by Crippen LogP contribution is -2.44. The van der Waals surface area contributed by atoms with Crippen molar-refractivity contribution in [2.75, 3.05) is 26.2 Å². The number of carboxylic acid groups (broad SMARTS) is 1. The number of aliphatic carboxylic acids is 1. The summed E-state index contributed by atoms with van der Waals surface area (Å²) in [5.74, 6) is -0.772. The third kappa shape index (κ3) is 5.01. The van der Waals surface area contributed by atoms with Gasteiger partial charge in [0, 0.05) is 12.6 Å². The Balaban J connectivity index is 1.65. The molecule has 0 aliphatic carbocycles. The van der Waals surface area contributed by atoms with E-state index < -0.39 is 5.97 Å². The quantitative estimate of drug-likeness (QED) is 0.813. The fourth-order valence-electron chi connectivity index (χ4n) is 2.52. The third-order valence-corrected chi connectivity index (χ3v) is 3.69. The number of piperidine rings is 1. The van der Waals surface area contributed by atoms with Crippen molar-refractivity contribution in [1.82, 2.24) is 10.2 Å². The largest absolute Gasteiger partial charge is 0.480 e. The van der Waals surface area contributed by atoms with Gasteiger partial charge in [0.1, 0.15) is 0 Å². The van der Waals surface area contributed by atoms with Gasteiger partial charge in [0.15, 0.2) is 0 Å². The Morgan fingerprint density at radius 1 is 1.26 bits per heavy atom. The van der Waals surface area contributed by atoms with Crippen LogP contribution in [0.15, 0.2) is 30.3 Å². The number of hydrogen-bond acceptors (Lipinski definition) is 3. The molecule has 1 aliphatic heterocycles. The van der Waals surface area contributed by atoms with E-state index in [0.717, 1.165) is 38.9 Å². The van der Waals surface area contributed by atoms with Crippen molar-refractivity contribution in [2.45, 2.75) is 25.3 Å². The van der Waals surface area contributed by atoms with Crippen LogP contribution in [0.1, 0.15) is 18.4 Å². The normalized spacial score (nSPS) is 17.5. The Morgan fingerprint density at radius 2 is 1.95 bits per heavy atom. The Hall–Kier alpha value is -1.39. The fourth-order valence-corrected chi connectivity index (χ4v) is 2.52. The molecule has 1 saturated heterocycles. The van der Waals surface area contributed by atoms with Crippen LogP contribution in [-0.2, 0) is 11.2 Å². The molecule has 104 valence electrons. The molecule has 19 heavy (non-hydrogen) atoms. The summed E-state index contributed by atoms with van der Waals surface area (Å²) in [7, 11) is 0. The van der Waals surface area contributed by atoms with Gasteiger partial charge in [-0.25, -0.2) is 0 Å². The van der Waals surface area contributed by atoms with Gasteiger partial charge < -0.3 is 15.3 Å². The molecule has 0 spiro atoms. The SMILES string of the molecule is O=C(O)CNC1CCN(CCc2ccccc2)CC1. The minimum Gasteiger partial charge on any atom is -0.480 e. The van der Waals surface area contributed by atoms with Crippen molar-refractivity contribution < 1.29 is 9.90 Å². The summed E-state index contributed by atoms with van der Waals surface area (Å²) in [5.41, 5.74) is 1.38. The molecule has 1 heterocycles. The number of nitrogens with one attached hydrogen (secondary N) is 1. The third-order valence-electron chi connectivity index (χ3n) is 3.69. The van der Waals surface area contributed by atoms with E-state index in [0.29, 0.717) is 6.04 Å². The Kier molecular flexibility index (Phi) is 5.36. The van der Waals surface area contributed by atoms with Crippen molar-refractivity contribution in [3.05, 3.63) is 35.9 Å². The van der Waals surface area contributed by atoms with E-state index in [1.807, 2.05) is 6.07 Å². The van der Waals surface area contributed by atoms with Gasteiger partial charge in [-0.3, -0.25) is 4.79 Å². The second kappa shape index (κ2) is 7.26. The van der Waals surface area contributed by atoms with E-state index in [2.05, 4.69) is 34.5 Å². The molecule has 0 atom stereocenters. The van der Waals surface area contributed by atoms with Crippen LogP contribution < -0.4 is 5.32 Å². The monoisotopic (exact) mass is 262 g/mol. The summed E-state index contributed by atoms with van der Waals surface area (Å²) in [6.07, 6.45) is 3.18. The molecule has 0 unspecified atom stereocenters. The number of benzene rings is 1. The van der Waals surface area contributed by atoms with Crippen molar-refractivity contribution in [3.63, 3.8) is 0 Å². The van der Waals surface area contributed by atoms with Crippen LogP contribution in [-0.4, -0.2) is 48.2 Å². The summed E-state index contributed by atoms with van der Waals surface area (Å²) in [4.78, 5) is 13.0. The van der Waals surface area contributed by atoms with Gasteiger partial charge in [0.2, 0.25) is 0 Å². The average Bonchev–Trinajstić information content (AvgIpc) is 2.45. The van der Waals surface area contributed by atoms with Gasteiger partial charge in [-0.15, -0.1) is 0 Å². The van der Waals surface area contributed by atoms with E-state index in [4.69, 9.17) is 5.11 Å². The van der Waals surface area contributed by atoms with Crippen LogP contribution in [0, 0.1) is 0 Å². The number of hydrogen-bond donors (Lipinski definition) is 2. The summed E-state index contributed by atoms with van der Waals surface area (Å²) < 4.78 is 0. The minimum atomic E-state index is -0.772. The molecule has 1 aromatic carbocycles. The van der Waals surface area contributed by atoms with E-state index in [1.54, 1.807) is 0 Å². The predicted octanol–water partition coefficient (Wildman–Crippen LogP) is 1.37. The highest BCUT2D eigenvalue weighted by atomic mass is 16.4. The van der Waals surface area contributed by atoms with Crippen molar-refractivity contribution >= 4 is 5.97 Å². The van der Waals surface area contributed by atoms with Crippen molar-refractivity contribution in [3.8, 4) is 0 Å². The maximum absolute atomic E-state index is 10.5. The van der Waals surface area contributed by atoms with Crippen molar-refractivity contribution in [1.29, 1.82) is 0 Å². The highest BCUT2D eigenvalue weighted by molar-refractivity contribution is 5.69. The fraction of sp³-hybridized carbons (Fsp3) is 0.533. The summed E-state index contributed by atoms with van der Waals surface area (Å²) in [6, 6.07) is 10.9. The molecular weight excluding hydrogens is 240 g/mol. The molecule has 2 N–H and O–H groups in total. The Labute approximate surface area is 114 Å². The smallest absolute Gasteiger partial charge is 0.317 e. The van der Waals surface area contributed by atoms with Crippen LogP contribution in [0.25, 0.3) is 0 Å². The molecule has 4 heteroatoms. The first-order chi connectivity index (χ1) is 9.24. The lowest BCUT2D eigenvalue weighted by Gasteiger charge is -2.32. The van der Waals surface area contributed by atoms with Crippen LogP contribution in [0.3, 0.4) is 0 Å². The first-order valence-corrected chi connectivity index (χ1v) is 6.95. The van der Waals surface area contributed by atoms with E-state index in [9.17, 15) is 4.79 Å². The maximum atomic E-state index is 10.5. The van der Waals surface area contributed by atoms with Crippen LogP contribution in [0.5, 0.6) is 0 Å². The molecule has 1 aromatic rings. The number of nitrogens with zero attached hydrogens (tertiary/aromatic N) is 1. The number of carbonyl (C=O) groups is 1. The van der Waals surface area contributed by atoms with E-state index in [-0.39, 0.29) is 6.54 Å². The summed E-state index contributed by atoms with van der Waals surface area (Å²) >= 11 is 0. The van der Waals surface area contributed by atoms with Crippen LogP contribution in [0.4, 0.5) is 0 Å². The predicted molar refractivity (Wildman–Crippen MR) is 75.2 cm³/mol. The minimum absolute atomic E-state index is 0.0781. The molecule has 1 fully saturated rings. The second-order valence-electron chi connectivity index (χ2n) is 5.13. The molecule has 0 radical (unpaired) electrons. The van der Waals surface area contributed by atoms with Crippen LogP contribution in [0.2, 0.25) is 0 Å². The lowest BCUT2D eigenvalue weighted by molar-refractivity contribution is -0.136. The molecule has 0 aromatic heterocycles. The molecule has 0 amide bonds. The standard InChI is InChI=1S/C15H22N2O2/c18-15(19)12-16-14-7-10-17(11-8-14)9-6-13-4-2-1-3-5-13/h1-5,14,16H,6-12H2,(H,18,19). The molecular formula is C15H22N2O2. The zero-order chi connectivity index (χ0) is 13.5. The first kappa shape index (κ1) is 14.0. The highest BCUT2D eigenvalue weighted by Crippen LogP contribution is 2.11.